The molecule has 1 N–H and O–H groups in total. The summed E-state index contributed by atoms with van der Waals surface area (Å²) in [5, 5.41) is 5.33. The Labute approximate surface area is 229 Å². The number of halogens is 1. The molecule has 5 rings (SSSR count). The topological polar surface area (TPSA) is 81.9 Å². The normalized spacial score (nSPS) is 11.2. The van der Waals surface area contributed by atoms with Crippen LogP contribution in [-0.2, 0) is 6.61 Å². The fourth-order valence-corrected chi connectivity index (χ4v) is 4.69. The van der Waals surface area contributed by atoms with Crippen LogP contribution in [0.3, 0.4) is 0 Å². The minimum absolute atomic E-state index is 0.132. The predicted molar refractivity (Wildman–Crippen MR) is 148 cm³/mol. The van der Waals surface area contributed by atoms with E-state index in [4.69, 9.17) is 25.2 Å². The third-order valence-electron chi connectivity index (χ3n) is 5.62. The first-order valence-electron chi connectivity index (χ1n) is 11.8. The van der Waals surface area contributed by atoms with Gasteiger partial charge in [0.05, 0.1) is 6.21 Å². The van der Waals surface area contributed by atoms with E-state index < -0.39 is 5.91 Å². The van der Waals surface area contributed by atoms with E-state index in [2.05, 4.69) is 41.1 Å². The van der Waals surface area contributed by atoms with Crippen LogP contribution < -0.4 is 10.2 Å². The van der Waals surface area contributed by atoms with E-state index >= 15 is 0 Å². The molecule has 0 fully saturated rings. The summed E-state index contributed by atoms with van der Waals surface area (Å²) in [6.07, 6.45) is 1.43. The Morgan fingerprint density at radius 2 is 1.68 bits per heavy atom. The summed E-state index contributed by atoms with van der Waals surface area (Å²) >= 11 is 7.38. The van der Waals surface area contributed by atoms with E-state index in [1.54, 1.807) is 18.2 Å². The molecule has 9 heteroatoms. The van der Waals surface area contributed by atoms with E-state index in [0.717, 1.165) is 10.6 Å². The van der Waals surface area contributed by atoms with Gasteiger partial charge in [-0.2, -0.15) is 5.10 Å². The number of aryl methyl sites for hydroxylation is 2. The average molecular weight is 546 g/mol. The standard InChI is InChI=1S/C29H24ClN3O4S/c1-19-3-4-20(2)33(19)22-7-9-23(10-8-22)35-18-25-11-15-27(36-25)29(34)32-31-17-24-12-16-28(37-24)38-26-13-5-21(30)6-14-26/h3-17H,18H2,1-2H3,(H,32,34)/b31-17+. The molecule has 0 spiro atoms. The number of aromatic nitrogens is 1. The van der Waals surface area contributed by atoms with Crippen LogP contribution in [0.4, 0.5) is 0 Å². The van der Waals surface area contributed by atoms with Crippen LogP contribution in [0.15, 0.2) is 109 Å². The Morgan fingerprint density at radius 3 is 2.42 bits per heavy atom. The highest BCUT2D eigenvalue weighted by Gasteiger charge is 2.11. The summed E-state index contributed by atoms with van der Waals surface area (Å²) in [5.41, 5.74) is 5.85. The zero-order valence-corrected chi connectivity index (χ0v) is 22.3. The molecule has 0 aliphatic rings. The lowest BCUT2D eigenvalue weighted by Crippen LogP contribution is -2.16. The summed E-state index contributed by atoms with van der Waals surface area (Å²) in [7, 11) is 0. The molecule has 0 bridgehead atoms. The van der Waals surface area contributed by atoms with Gasteiger partial charge in [0.25, 0.3) is 0 Å². The molecule has 5 aromatic rings. The molecule has 0 aliphatic heterocycles. The second-order valence-electron chi connectivity index (χ2n) is 8.41. The molecule has 0 unspecified atom stereocenters. The molecular formula is C29H24ClN3O4S. The first-order chi connectivity index (χ1) is 18.4. The Kier molecular flexibility index (Phi) is 7.72. The number of rotatable bonds is 9. The largest absolute Gasteiger partial charge is 0.486 e. The van der Waals surface area contributed by atoms with Crippen molar-refractivity contribution in [3.05, 3.63) is 119 Å². The lowest BCUT2D eigenvalue weighted by molar-refractivity contribution is 0.0923. The molecule has 3 heterocycles. The van der Waals surface area contributed by atoms with Gasteiger partial charge in [-0.25, -0.2) is 5.43 Å². The second kappa shape index (κ2) is 11.5. The van der Waals surface area contributed by atoms with E-state index in [-0.39, 0.29) is 12.4 Å². The average Bonchev–Trinajstić information content (AvgIpc) is 3.65. The van der Waals surface area contributed by atoms with Gasteiger partial charge in [0.15, 0.2) is 10.9 Å². The highest BCUT2D eigenvalue weighted by Crippen LogP contribution is 2.29. The second-order valence-corrected chi connectivity index (χ2v) is 9.93. The SMILES string of the molecule is Cc1ccc(C)n1-c1ccc(OCc2ccc(C(=O)N/N=C/c3ccc(Sc4ccc(Cl)cc4)o3)o2)cc1. The minimum Gasteiger partial charge on any atom is -0.486 e. The Morgan fingerprint density at radius 1 is 0.947 bits per heavy atom. The molecule has 7 nitrogen and oxygen atoms in total. The molecule has 1 amide bonds. The van der Waals surface area contributed by atoms with Crippen molar-refractivity contribution in [2.45, 2.75) is 30.4 Å². The van der Waals surface area contributed by atoms with Crippen molar-refractivity contribution in [2.75, 3.05) is 0 Å². The highest BCUT2D eigenvalue weighted by atomic mass is 35.5. The maximum Gasteiger partial charge on any atom is 0.307 e. The van der Waals surface area contributed by atoms with Gasteiger partial charge in [0.1, 0.15) is 23.9 Å². The number of benzene rings is 2. The van der Waals surface area contributed by atoms with Gasteiger partial charge < -0.3 is 18.1 Å². The van der Waals surface area contributed by atoms with Crippen molar-refractivity contribution in [3.63, 3.8) is 0 Å². The maximum atomic E-state index is 12.4. The number of furan rings is 2. The predicted octanol–water partition coefficient (Wildman–Crippen LogP) is 7.43. The summed E-state index contributed by atoms with van der Waals surface area (Å²) in [5.74, 6) is 1.39. The number of nitrogens with zero attached hydrogens (tertiary/aromatic N) is 2. The fourth-order valence-electron chi connectivity index (χ4n) is 3.79. The van der Waals surface area contributed by atoms with E-state index in [0.29, 0.717) is 27.4 Å². The molecule has 192 valence electrons. The monoisotopic (exact) mass is 545 g/mol. The van der Waals surface area contributed by atoms with Gasteiger partial charge in [-0.1, -0.05) is 23.4 Å². The number of carbonyl (C=O) groups is 1. The Hall–Kier alpha value is -4.14. The summed E-state index contributed by atoms with van der Waals surface area (Å²) in [4.78, 5) is 13.4. The summed E-state index contributed by atoms with van der Waals surface area (Å²) < 4.78 is 19.3. The van der Waals surface area contributed by atoms with Crippen molar-refractivity contribution in [3.8, 4) is 11.4 Å². The number of hydrazone groups is 1. The van der Waals surface area contributed by atoms with Crippen LogP contribution in [0.25, 0.3) is 5.69 Å². The molecule has 0 saturated carbocycles. The first kappa shape index (κ1) is 25.5. The number of hydrogen-bond acceptors (Lipinski definition) is 6. The van der Waals surface area contributed by atoms with Gasteiger partial charge in [0.2, 0.25) is 0 Å². The molecule has 3 aromatic heterocycles. The van der Waals surface area contributed by atoms with E-state index in [1.165, 1.54) is 29.4 Å². The van der Waals surface area contributed by atoms with Crippen LogP contribution in [-0.4, -0.2) is 16.7 Å². The van der Waals surface area contributed by atoms with Gasteiger partial charge in [-0.15, -0.1) is 0 Å². The van der Waals surface area contributed by atoms with Crippen LogP contribution in [0, 0.1) is 13.8 Å². The lowest BCUT2D eigenvalue weighted by atomic mass is 10.3. The fraction of sp³-hybridized carbons (Fsp3) is 0.103. The minimum atomic E-state index is -0.475. The number of hydrogen-bond donors (Lipinski definition) is 1. The highest BCUT2D eigenvalue weighted by molar-refractivity contribution is 7.99. The molecule has 0 aliphatic carbocycles. The van der Waals surface area contributed by atoms with Crippen LogP contribution in [0.1, 0.15) is 33.5 Å². The van der Waals surface area contributed by atoms with Crippen LogP contribution in [0.2, 0.25) is 5.02 Å². The molecule has 0 saturated heterocycles. The Balaban J connectivity index is 1.11. The van der Waals surface area contributed by atoms with Crippen molar-refractivity contribution in [1.29, 1.82) is 0 Å². The summed E-state index contributed by atoms with van der Waals surface area (Å²) in [6, 6.07) is 26.4. The quantitative estimate of drug-likeness (QED) is 0.154. The van der Waals surface area contributed by atoms with Crippen molar-refractivity contribution >= 4 is 35.5 Å². The Bertz CT molecular complexity index is 1550. The van der Waals surface area contributed by atoms with Crippen LogP contribution in [0.5, 0.6) is 5.75 Å². The van der Waals surface area contributed by atoms with Gasteiger partial charge in [0, 0.05) is 27.0 Å². The molecular weight excluding hydrogens is 522 g/mol. The van der Waals surface area contributed by atoms with Gasteiger partial charge >= 0.3 is 5.91 Å². The van der Waals surface area contributed by atoms with E-state index in [9.17, 15) is 4.79 Å². The smallest absolute Gasteiger partial charge is 0.307 e. The van der Waals surface area contributed by atoms with Gasteiger partial charge in [-0.3, -0.25) is 4.79 Å². The maximum absolute atomic E-state index is 12.4. The van der Waals surface area contributed by atoms with Crippen molar-refractivity contribution in [1.82, 2.24) is 9.99 Å². The third kappa shape index (κ3) is 6.22. The van der Waals surface area contributed by atoms with E-state index in [1.807, 2.05) is 54.6 Å². The molecule has 38 heavy (non-hydrogen) atoms. The molecule has 0 atom stereocenters. The lowest BCUT2D eigenvalue weighted by Gasteiger charge is -2.10. The number of carbonyl (C=O) groups excluding carboxylic acids is 1. The summed E-state index contributed by atoms with van der Waals surface area (Å²) in [6.45, 7) is 4.34. The van der Waals surface area contributed by atoms with Crippen molar-refractivity contribution in [2.24, 2.45) is 5.10 Å². The third-order valence-corrected chi connectivity index (χ3v) is 6.81. The number of amides is 1. The zero-order valence-electron chi connectivity index (χ0n) is 20.7. The number of nitrogens with one attached hydrogen (secondary N) is 1. The number of ether oxygens (including phenoxy) is 1. The van der Waals surface area contributed by atoms with Crippen LogP contribution >= 0.6 is 23.4 Å². The molecule has 2 aromatic carbocycles. The zero-order chi connectivity index (χ0) is 26.5. The first-order valence-corrected chi connectivity index (χ1v) is 13.0. The van der Waals surface area contributed by atoms with Gasteiger partial charge in [-0.05, 0) is 98.8 Å². The van der Waals surface area contributed by atoms with Crippen molar-refractivity contribution < 1.29 is 18.4 Å². The molecule has 0 radical (unpaired) electrons.